The van der Waals surface area contributed by atoms with Gasteiger partial charge in [0.1, 0.15) is 11.5 Å². The van der Waals surface area contributed by atoms with Crippen LogP contribution in [0.1, 0.15) is 5.56 Å². The quantitative estimate of drug-likeness (QED) is 0.792. The number of para-hydroxylation sites is 3. The molecule has 17 heavy (non-hydrogen) atoms. The van der Waals surface area contributed by atoms with Crippen LogP contribution in [0.25, 0.3) is 0 Å². The predicted octanol–water partition coefficient (Wildman–Crippen LogP) is 2.60. The highest BCUT2D eigenvalue weighted by molar-refractivity contribution is 5.54. The van der Waals surface area contributed by atoms with Gasteiger partial charge in [-0.3, -0.25) is 0 Å². The Kier molecular flexibility index (Phi) is 3.62. The van der Waals surface area contributed by atoms with Crippen molar-refractivity contribution < 1.29 is 9.84 Å². The van der Waals surface area contributed by atoms with Gasteiger partial charge in [-0.05, 0) is 30.2 Å². The maximum Gasteiger partial charge on any atom is 0.150 e. The van der Waals surface area contributed by atoms with Gasteiger partial charge in [-0.25, -0.2) is 0 Å². The summed E-state index contributed by atoms with van der Waals surface area (Å²) in [7, 11) is 0. The highest BCUT2D eigenvalue weighted by Crippen LogP contribution is 2.29. The summed E-state index contributed by atoms with van der Waals surface area (Å²) in [4.78, 5) is 0. The molecule has 0 spiro atoms. The van der Waals surface area contributed by atoms with Crippen LogP contribution in [0.2, 0.25) is 0 Å². The van der Waals surface area contributed by atoms with Gasteiger partial charge < -0.3 is 15.6 Å². The Morgan fingerprint density at radius 3 is 2.29 bits per heavy atom. The molecule has 3 nitrogen and oxygen atoms in total. The summed E-state index contributed by atoms with van der Waals surface area (Å²) in [6.07, 6.45) is 0.572. The lowest BCUT2D eigenvalue weighted by Gasteiger charge is -2.11. The molecule has 0 radical (unpaired) electrons. The molecule has 0 heterocycles. The minimum atomic E-state index is 0.102. The number of rotatable bonds is 4. The van der Waals surface area contributed by atoms with Crippen LogP contribution in [0.15, 0.2) is 48.5 Å². The molecule has 3 N–H and O–H groups in total. The molecule has 88 valence electrons. The van der Waals surface area contributed by atoms with Gasteiger partial charge in [-0.2, -0.15) is 0 Å². The summed E-state index contributed by atoms with van der Waals surface area (Å²) in [5, 5.41) is 8.98. The topological polar surface area (TPSA) is 55.5 Å². The van der Waals surface area contributed by atoms with Gasteiger partial charge >= 0.3 is 0 Å². The third-order valence-corrected chi connectivity index (χ3v) is 2.49. The number of hydrogen-bond acceptors (Lipinski definition) is 3. The summed E-state index contributed by atoms with van der Waals surface area (Å²) in [6.45, 7) is 0.102. The molecule has 0 aromatic heterocycles. The van der Waals surface area contributed by atoms with Crippen LogP contribution >= 0.6 is 0 Å². The Morgan fingerprint density at radius 1 is 0.941 bits per heavy atom. The number of nitrogen functional groups attached to an aromatic ring is 1. The Bertz CT molecular complexity index is 497. The summed E-state index contributed by atoms with van der Waals surface area (Å²) in [6, 6.07) is 15.0. The van der Waals surface area contributed by atoms with Crippen molar-refractivity contribution in [3.8, 4) is 11.5 Å². The molecule has 0 aliphatic rings. The van der Waals surface area contributed by atoms with Crippen molar-refractivity contribution in [1.29, 1.82) is 0 Å². The molecule has 0 saturated heterocycles. The average molecular weight is 229 g/mol. The van der Waals surface area contributed by atoms with Gasteiger partial charge in [0.25, 0.3) is 0 Å². The fraction of sp³-hybridized carbons (Fsp3) is 0.143. The smallest absolute Gasteiger partial charge is 0.150 e. The first kappa shape index (κ1) is 11.5. The van der Waals surface area contributed by atoms with Gasteiger partial charge in [-0.15, -0.1) is 0 Å². The van der Waals surface area contributed by atoms with Gasteiger partial charge in [0.2, 0.25) is 0 Å². The molecule has 2 aromatic rings. The van der Waals surface area contributed by atoms with Gasteiger partial charge in [0.15, 0.2) is 0 Å². The van der Waals surface area contributed by atoms with E-state index in [1.807, 2.05) is 42.5 Å². The largest absolute Gasteiger partial charge is 0.455 e. The Balaban J connectivity index is 2.27. The number of aliphatic hydroxyl groups is 1. The molecule has 2 rings (SSSR count). The molecular formula is C14H15NO2. The lowest BCUT2D eigenvalue weighted by atomic mass is 10.1. The molecular weight excluding hydrogens is 214 g/mol. The van der Waals surface area contributed by atoms with Crippen LogP contribution in [0.3, 0.4) is 0 Å². The first-order chi connectivity index (χ1) is 8.31. The second-order valence-corrected chi connectivity index (χ2v) is 3.72. The van der Waals surface area contributed by atoms with Crippen LogP contribution < -0.4 is 10.5 Å². The van der Waals surface area contributed by atoms with Crippen LogP contribution in [0.4, 0.5) is 5.69 Å². The SMILES string of the molecule is Nc1ccccc1Oc1ccccc1CCO. The zero-order valence-electron chi connectivity index (χ0n) is 9.47. The Labute approximate surface area is 100 Å². The number of aliphatic hydroxyl groups excluding tert-OH is 1. The fourth-order valence-corrected chi connectivity index (χ4v) is 1.62. The third kappa shape index (κ3) is 2.77. The van der Waals surface area contributed by atoms with E-state index in [1.54, 1.807) is 6.07 Å². The van der Waals surface area contributed by atoms with Gasteiger partial charge in [-0.1, -0.05) is 30.3 Å². The molecule has 3 heteroatoms. The van der Waals surface area contributed by atoms with Crippen LogP contribution in [-0.2, 0) is 6.42 Å². The van der Waals surface area contributed by atoms with Crippen molar-refractivity contribution in [3.05, 3.63) is 54.1 Å². The monoisotopic (exact) mass is 229 g/mol. The third-order valence-electron chi connectivity index (χ3n) is 2.49. The highest BCUT2D eigenvalue weighted by Gasteiger charge is 2.05. The van der Waals surface area contributed by atoms with Crippen molar-refractivity contribution in [2.45, 2.75) is 6.42 Å². The lowest BCUT2D eigenvalue weighted by molar-refractivity contribution is 0.298. The van der Waals surface area contributed by atoms with Crippen molar-refractivity contribution in [2.75, 3.05) is 12.3 Å². The summed E-state index contributed by atoms with van der Waals surface area (Å²) < 4.78 is 5.76. The second-order valence-electron chi connectivity index (χ2n) is 3.72. The number of anilines is 1. The van der Waals surface area contributed by atoms with Gasteiger partial charge in [0, 0.05) is 6.61 Å². The zero-order valence-corrected chi connectivity index (χ0v) is 9.47. The molecule has 0 aliphatic heterocycles. The van der Waals surface area contributed by atoms with E-state index in [1.165, 1.54) is 0 Å². The van der Waals surface area contributed by atoms with Crippen LogP contribution in [-0.4, -0.2) is 11.7 Å². The molecule has 0 atom stereocenters. The highest BCUT2D eigenvalue weighted by atomic mass is 16.5. The Hall–Kier alpha value is -2.00. The minimum absolute atomic E-state index is 0.102. The molecule has 0 saturated carbocycles. The van der Waals surface area contributed by atoms with E-state index in [4.69, 9.17) is 15.6 Å². The molecule has 0 bridgehead atoms. The van der Waals surface area contributed by atoms with E-state index < -0.39 is 0 Å². The van der Waals surface area contributed by atoms with E-state index in [2.05, 4.69) is 0 Å². The fourth-order valence-electron chi connectivity index (χ4n) is 1.62. The number of nitrogens with two attached hydrogens (primary N) is 1. The molecule has 0 aliphatic carbocycles. The molecule has 0 unspecified atom stereocenters. The molecule has 2 aromatic carbocycles. The minimum Gasteiger partial charge on any atom is -0.455 e. The predicted molar refractivity (Wildman–Crippen MR) is 68.2 cm³/mol. The van der Waals surface area contributed by atoms with E-state index in [0.717, 1.165) is 11.3 Å². The summed E-state index contributed by atoms with van der Waals surface area (Å²) >= 11 is 0. The zero-order chi connectivity index (χ0) is 12.1. The van der Waals surface area contributed by atoms with E-state index >= 15 is 0 Å². The summed E-state index contributed by atoms with van der Waals surface area (Å²) in [5.41, 5.74) is 7.39. The van der Waals surface area contributed by atoms with Crippen molar-refractivity contribution in [1.82, 2.24) is 0 Å². The van der Waals surface area contributed by atoms with Crippen LogP contribution in [0, 0.1) is 0 Å². The average Bonchev–Trinajstić information content (AvgIpc) is 2.35. The van der Waals surface area contributed by atoms with Crippen molar-refractivity contribution in [2.24, 2.45) is 0 Å². The maximum absolute atomic E-state index is 8.98. The normalized spacial score (nSPS) is 10.2. The Morgan fingerprint density at radius 2 is 1.59 bits per heavy atom. The summed E-state index contributed by atoms with van der Waals surface area (Å²) in [5.74, 6) is 1.37. The standard InChI is InChI=1S/C14H15NO2/c15-12-6-2-4-8-14(12)17-13-7-3-1-5-11(13)9-10-16/h1-8,16H,9-10,15H2. The van der Waals surface area contributed by atoms with E-state index in [9.17, 15) is 0 Å². The lowest BCUT2D eigenvalue weighted by Crippen LogP contribution is -1.97. The maximum atomic E-state index is 8.98. The first-order valence-corrected chi connectivity index (χ1v) is 5.52. The molecule has 0 fully saturated rings. The number of benzene rings is 2. The second kappa shape index (κ2) is 5.37. The van der Waals surface area contributed by atoms with Gasteiger partial charge in [0.05, 0.1) is 5.69 Å². The number of ether oxygens (including phenoxy) is 1. The first-order valence-electron chi connectivity index (χ1n) is 5.52. The van der Waals surface area contributed by atoms with E-state index in [0.29, 0.717) is 17.9 Å². The van der Waals surface area contributed by atoms with E-state index in [-0.39, 0.29) is 6.61 Å². The van der Waals surface area contributed by atoms with Crippen molar-refractivity contribution in [3.63, 3.8) is 0 Å². The number of hydrogen-bond donors (Lipinski definition) is 2. The van der Waals surface area contributed by atoms with Crippen molar-refractivity contribution >= 4 is 5.69 Å². The van der Waals surface area contributed by atoms with Crippen LogP contribution in [0.5, 0.6) is 11.5 Å². The molecule has 0 amide bonds.